The smallest absolute Gasteiger partial charge is 0.146 e. The fraction of sp³-hybridized carbons (Fsp3) is 0.278. The van der Waals surface area contributed by atoms with Crippen LogP contribution in [0.4, 0.5) is 4.39 Å². The van der Waals surface area contributed by atoms with Gasteiger partial charge in [0.15, 0.2) is 0 Å². The highest BCUT2D eigenvalue weighted by Gasteiger charge is 2.06. The van der Waals surface area contributed by atoms with Crippen LogP contribution in [0.5, 0.6) is 5.75 Å². The SMILES string of the molecule is [2H]C([2H])(N[C@@H](C)C(C)=O)c1ccc(OC([2H])([2H])c2cccc(F)c2)cc1. The normalized spacial score (nSPS) is 16.0. The van der Waals surface area contributed by atoms with Crippen LogP contribution >= 0.6 is 0 Å². The van der Waals surface area contributed by atoms with Gasteiger partial charge < -0.3 is 10.1 Å². The van der Waals surface area contributed by atoms with Gasteiger partial charge in [0.2, 0.25) is 0 Å². The van der Waals surface area contributed by atoms with Crippen LogP contribution in [0.15, 0.2) is 48.5 Å². The number of rotatable bonds is 7. The van der Waals surface area contributed by atoms with Crippen LogP contribution in [0.1, 0.15) is 30.5 Å². The second kappa shape index (κ2) is 7.71. The Morgan fingerprint density at radius 3 is 2.64 bits per heavy atom. The molecule has 0 heterocycles. The van der Waals surface area contributed by atoms with Crippen molar-refractivity contribution in [2.24, 2.45) is 0 Å². The minimum Gasteiger partial charge on any atom is -0.489 e. The summed E-state index contributed by atoms with van der Waals surface area (Å²) in [5.41, 5.74) is 0.304. The van der Waals surface area contributed by atoms with Crippen molar-refractivity contribution in [3.05, 3.63) is 65.5 Å². The second-order valence-electron chi connectivity index (χ2n) is 4.84. The Morgan fingerprint density at radius 2 is 2.00 bits per heavy atom. The molecule has 1 N–H and O–H groups in total. The molecule has 0 aliphatic heterocycles. The molecule has 0 saturated heterocycles. The summed E-state index contributed by atoms with van der Waals surface area (Å²) in [5.74, 6) is -0.584. The maximum Gasteiger partial charge on any atom is 0.146 e. The average Bonchev–Trinajstić information content (AvgIpc) is 2.54. The lowest BCUT2D eigenvalue weighted by Gasteiger charge is -2.11. The summed E-state index contributed by atoms with van der Waals surface area (Å²) in [6, 6.07) is 10.2. The van der Waals surface area contributed by atoms with E-state index >= 15 is 0 Å². The molecule has 4 heteroatoms. The zero-order chi connectivity index (χ0) is 19.5. The third kappa shape index (κ3) is 4.97. The molecule has 0 saturated carbocycles. The van der Waals surface area contributed by atoms with Crippen LogP contribution in [0.2, 0.25) is 0 Å². The van der Waals surface area contributed by atoms with Crippen LogP contribution in [0.25, 0.3) is 0 Å². The van der Waals surface area contributed by atoms with Crippen molar-refractivity contribution in [1.82, 2.24) is 5.32 Å². The number of benzene rings is 2. The van der Waals surface area contributed by atoms with Gasteiger partial charge in [0.1, 0.15) is 23.9 Å². The first-order chi connectivity index (χ1) is 12.0. The molecule has 2 aromatic carbocycles. The molecule has 0 aliphatic carbocycles. The second-order valence-corrected chi connectivity index (χ2v) is 4.84. The molecule has 0 aromatic heterocycles. The number of carbonyl (C=O) groups excluding carboxylic acids is 1. The summed E-state index contributed by atoms with van der Waals surface area (Å²) in [6.07, 6.45) is 0. The van der Waals surface area contributed by atoms with Gasteiger partial charge in [0.05, 0.1) is 8.78 Å². The summed E-state index contributed by atoms with van der Waals surface area (Å²) in [6.45, 7) is -1.24. The molecule has 0 fully saturated rings. The van der Waals surface area contributed by atoms with Crippen molar-refractivity contribution in [2.75, 3.05) is 0 Å². The van der Waals surface area contributed by atoms with Crippen molar-refractivity contribution in [1.29, 1.82) is 0 Å². The fourth-order valence-electron chi connectivity index (χ4n) is 1.57. The lowest BCUT2D eigenvalue weighted by atomic mass is 10.2. The van der Waals surface area contributed by atoms with Gasteiger partial charge in [0, 0.05) is 9.24 Å². The van der Waals surface area contributed by atoms with Gasteiger partial charge in [-0.15, -0.1) is 0 Å². The molecule has 2 rings (SSSR count). The van der Waals surface area contributed by atoms with E-state index in [1.807, 2.05) is 0 Å². The molecule has 1 atom stereocenters. The van der Waals surface area contributed by atoms with E-state index in [4.69, 9.17) is 10.2 Å². The minimum absolute atomic E-state index is 0.0360. The molecule has 0 unspecified atom stereocenters. The number of Topliss-reactive ketones (excluding diaryl/α,β-unsaturated/α-hetero) is 1. The Hall–Kier alpha value is -2.20. The van der Waals surface area contributed by atoms with Gasteiger partial charge in [-0.05, 0) is 49.2 Å². The number of hydrogen-bond donors (Lipinski definition) is 1. The largest absolute Gasteiger partial charge is 0.489 e. The van der Waals surface area contributed by atoms with Gasteiger partial charge in [-0.1, -0.05) is 24.3 Å². The van der Waals surface area contributed by atoms with Crippen LogP contribution in [-0.4, -0.2) is 11.8 Å². The average molecular weight is 305 g/mol. The zero-order valence-corrected chi connectivity index (χ0v) is 12.4. The van der Waals surface area contributed by atoms with Gasteiger partial charge in [-0.25, -0.2) is 4.39 Å². The van der Waals surface area contributed by atoms with E-state index in [-0.39, 0.29) is 22.7 Å². The predicted octanol–water partition coefficient (Wildman–Crippen LogP) is 3.47. The Morgan fingerprint density at radius 1 is 1.27 bits per heavy atom. The monoisotopic (exact) mass is 305 g/mol. The summed E-state index contributed by atoms with van der Waals surface area (Å²) < 4.78 is 50.6. The van der Waals surface area contributed by atoms with E-state index < -0.39 is 24.9 Å². The van der Waals surface area contributed by atoms with Crippen molar-refractivity contribution < 1.29 is 19.4 Å². The van der Waals surface area contributed by atoms with E-state index in [0.29, 0.717) is 0 Å². The number of carbonyl (C=O) groups is 1. The Balaban J connectivity index is 2.15. The molecule has 0 bridgehead atoms. The van der Waals surface area contributed by atoms with E-state index in [2.05, 4.69) is 5.32 Å². The third-order valence-corrected chi connectivity index (χ3v) is 3.01. The lowest BCUT2D eigenvalue weighted by Crippen LogP contribution is -2.31. The number of halogens is 1. The molecule has 116 valence electrons. The van der Waals surface area contributed by atoms with Crippen LogP contribution < -0.4 is 10.1 Å². The zero-order valence-electron chi connectivity index (χ0n) is 16.4. The molecule has 0 amide bonds. The molecule has 22 heavy (non-hydrogen) atoms. The Bertz CT molecular complexity index is 781. The van der Waals surface area contributed by atoms with E-state index in [9.17, 15) is 9.18 Å². The maximum absolute atomic E-state index is 13.3. The summed E-state index contributed by atoms with van der Waals surface area (Å²) in [5, 5.41) is 2.60. The number of ketones is 1. The topological polar surface area (TPSA) is 38.3 Å². The number of ether oxygens (including phenoxy) is 1. The van der Waals surface area contributed by atoms with Gasteiger partial charge >= 0.3 is 0 Å². The summed E-state index contributed by atoms with van der Waals surface area (Å²) in [7, 11) is 0. The standard InChI is InChI=1S/C18H20FNO2/c1-13(14(2)21)20-11-15-6-8-18(9-7-15)22-12-16-4-3-5-17(19)10-16/h3-10,13,20H,11-12H2,1-2H3/t13-/m0/s1/i11D2,12D2. The Labute approximate surface area is 135 Å². The van der Waals surface area contributed by atoms with E-state index in [1.54, 1.807) is 6.92 Å². The molecule has 2 aromatic rings. The van der Waals surface area contributed by atoms with Crippen LogP contribution in [0, 0.1) is 5.82 Å². The predicted molar refractivity (Wildman–Crippen MR) is 84.2 cm³/mol. The molecule has 0 spiro atoms. The van der Waals surface area contributed by atoms with Crippen molar-refractivity contribution in [2.45, 2.75) is 32.9 Å². The van der Waals surface area contributed by atoms with Gasteiger partial charge in [-0.3, -0.25) is 4.79 Å². The van der Waals surface area contributed by atoms with E-state index in [0.717, 1.165) is 6.07 Å². The highest BCUT2D eigenvalue weighted by Crippen LogP contribution is 2.15. The van der Waals surface area contributed by atoms with Crippen molar-refractivity contribution >= 4 is 5.78 Å². The summed E-state index contributed by atoms with van der Waals surface area (Å²) in [4.78, 5) is 11.3. The molecule has 0 radical (unpaired) electrons. The first-order valence-electron chi connectivity index (χ1n) is 8.85. The maximum atomic E-state index is 13.3. The van der Waals surface area contributed by atoms with E-state index in [1.165, 1.54) is 49.4 Å². The minimum atomic E-state index is -2.25. The molecular formula is C18H20FNO2. The van der Waals surface area contributed by atoms with Gasteiger partial charge in [-0.2, -0.15) is 0 Å². The van der Waals surface area contributed by atoms with Crippen LogP contribution in [-0.2, 0) is 17.9 Å². The first-order valence-corrected chi connectivity index (χ1v) is 6.85. The van der Waals surface area contributed by atoms with Gasteiger partial charge in [0.25, 0.3) is 0 Å². The van der Waals surface area contributed by atoms with Crippen molar-refractivity contribution in [3.8, 4) is 5.75 Å². The quantitative estimate of drug-likeness (QED) is 0.851. The number of nitrogens with one attached hydrogen (secondary N) is 1. The first kappa shape index (κ1) is 11.4. The lowest BCUT2D eigenvalue weighted by molar-refractivity contribution is -0.118. The summed E-state index contributed by atoms with van der Waals surface area (Å²) >= 11 is 0. The molecule has 3 nitrogen and oxygen atoms in total. The number of hydrogen-bond acceptors (Lipinski definition) is 3. The van der Waals surface area contributed by atoms with Crippen molar-refractivity contribution in [3.63, 3.8) is 0 Å². The third-order valence-electron chi connectivity index (χ3n) is 3.01. The van der Waals surface area contributed by atoms with Crippen LogP contribution in [0.3, 0.4) is 0 Å². The highest BCUT2D eigenvalue weighted by atomic mass is 19.1. The Kier molecular flexibility index (Phi) is 3.99. The molecular weight excluding hydrogens is 281 g/mol. The fourth-order valence-corrected chi connectivity index (χ4v) is 1.57. The highest BCUT2D eigenvalue weighted by molar-refractivity contribution is 5.80. The molecule has 0 aliphatic rings.